The quantitative estimate of drug-likeness (QED) is 0.878. The van der Waals surface area contributed by atoms with Crippen LogP contribution in [-0.2, 0) is 10.1 Å². The van der Waals surface area contributed by atoms with E-state index >= 15 is 0 Å². The Morgan fingerprint density at radius 1 is 1.00 bits per heavy atom. The normalized spacial score (nSPS) is 11.1. The third-order valence-electron chi connectivity index (χ3n) is 2.41. The fourth-order valence-electron chi connectivity index (χ4n) is 1.43. The Hall–Kier alpha value is -2.05. The van der Waals surface area contributed by atoms with Gasteiger partial charge in [-0.05, 0) is 48.5 Å². The van der Waals surface area contributed by atoms with E-state index in [4.69, 9.17) is 20.9 Å². The molecule has 0 unspecified atom stereocenters. The molecule has 7 heteroatoms. The van der Waals surface area contributed by atoms with Gasteiger partial charge in [0.05, 0.1) is 5.56 Å². The largest absolute Gasteiger partial charge is 0.478 e. The molecule has 0 bridgehead atoms. The van der Waals surface area contributed by atoms with Crippen molar-refractivity contribution in [1.29, 1.82) is 0 Å². The van der Waals surface area contributed by atoms with Crippen LogP contribution in [0.25, 0.3) is 0 Å². The van der Waals surface area contributed by atoms with Gasteiger partial charge in [0, 0.05) is 5.02 Å². The standard InChI is InChI=1S/C13H9ClO5S/c14-10-3-5-11(6-4-10)19-20(17,18)12-7-1-9(2-8-12)13(15)16/h1-8H,(H,15,16). The molecule has 0 aromatic heterocycles. The maximum absolute atomic E-state index is 12.0. The van der Waals surface area contributed by atoms with E-state index in [1.807, 2.05) is 0 Å². The summed E-state index contributed by atoms with van der Waals surface area (Å²) < 4.78 is 28.8. The molecule has 20 heavy (non-hydrogen) atoms. The molecular formula is C13H9ClO5S. The molecule has 0 radical (unpaired) electrons. The average Bonchev–Trinajstić information content (AvgIpc) is 2.41. The first kappa shape index (κ1) is 14.4. The maximum atomic E-state index is 12.0. The number of carboxylic acids is 1. The molecule has 0 aliphatic rings. The summed E-state index contributed by atoms with van der Waals surface area (Å²) in [6.07, 6.45) is 0. The Morgan fingerprint density at radius 2 is 1.55 bits per heavy atom. The van der Waals surface area contributed by atoms with E-state index in [1.165, 1.54) is 48.5 Å². The van der Waals surface area contributed by atoms with Crippen molar-refractivity contribution in [2.24, 2.45) is 0 Å². The Bertz CT molecular complexity index is 720. The van der Waals surface area contributed by atoms with E-state index in [9.17, 15) is 13.2 Å². The smallest absolute Gasteiger partial charge is 0.339 e. The van der Waals surface area contributed by atoms with Gasteiger partial charge in [-0.1, -0.05) is 11.6 Å². The van der Waals surface area contributed by atoms with Gasteiger partial charge in [-0.2, -0.15) is 8.42 Å². The molecule has 5 nitrogen and oxygen atoms in total. The lowest BCUT2D eigenvalue weighted by Crippen LogP contribution is -2.10. The van der Waals surface area contributed by atoms with Gasteiger partial charge in [0.25, 0.3) is 0 Å². The molecule has 0 aliphatic heterocycles. The second-order valence-corrected chi connectivity index (χ2v) is 5.80. The van der Waals surface area contributed by atoms with Crippen LogP contribution < -0.4 is 4.18 Å². The number of carbonyl (C=O) groups is 1. The zero-order valence-electron chi connectivity index (χ0n) is 9.99. The van der Waals surface area contributed by atoms with Crippen molar-refractivity contribution in [3.8, 4) is 5.75 Å². The second kappa shape index (κ2) is 5.52. The summed E-state index contributed by atoms with van der Waals surface area (Å²) in [6, 6.07) is 10.6. The van der Waals surface area contributed by atoms with Crippen LogP contribution >= 0.6 is 11.6 Å². The Kier molecular flexibility index (Phi) is 3.96. The molecule has 0 amide bonds. The van der Waals surface area contributed by atoms with Crippen molar-refractivity contribution in [1.82, 2.24) is 0 Å². The highest BCUT2D eigenvalue weighted by Crippen LogP contribution is 2.21. The Labute approximate surface area is 120 Å². The molecular weight excluding hydrogens is 304 g/mol. The van der Waals surface area contributed by atoms with Crippen LogP contribution in [-0.4, -0.2) is 19.5 Å². The topological polar surface area (TPSA) is 80.7 Å². The highest BCUT2D eigenvalue weighted by molar-refractivity contribution is 7.87. The summed E-state index contributed by atoms with van der Waals surface area (Å²) >= 11 is 5.69. The van der Waals surface area contributed by atoms with Crippen LogP contribution in [0.4, 0.5) is 0 Å². The molecule has 0 fully saturated rings. The van der Waals surface area contributed by atoms with E-state index in [0.717, 1.165) is 0 Å². The summed E-state index contributed by atoms with van der Waals surface area (Å²) in [5.41, 5.74) is -0.00422. The fourth-order valence-corrected chi connectivity index (χ4v) is 2.49. The Morgan fingerprint density at radius 3 is 2.05 bits per heavy atom. The molecule has 2 aromatic carbocycles. The van der Waals surface area contributed by atoms with Gasteiger partial charge in [-0.25, -0.2) is 4.79 Å². The number of halogens is 1. The Balaban J connectivity index is 2.26. The first-order valence-electron chi connectivity index (χ1n) is 5.42. The molecule has 0 spiro atoms. The van der Waals surface area contributed by atoms with E-state index < -0.39 is 16.1 Å². The minimum absolute atomic E-state index is 0.00422. The fraction of sp³-hybridized carbons (Fsp3) is 0. The van der Waals surface area contributed by atoms with Crippen LogP contribution in [0.15, 0.2) is 53.4 Å². The number of carboxylic acid groups (broad SMARTS) is 1. The van der Waals surface area contributed by atoms with Crippen LogP contribution in [0.5, 0.6) is 5.75 Å². The predicted molar refractivity (Wildman–Crippen MR) is 72.7 cm³/mol. The van der Waals surface area contributed by atoms with Crippen molar-refractivity contribution in [3.05, 3.63) is 59.1 Å². The zero-order chi connectivity index (χ0) is 14.8. The zero-order valence-corrected chi connectivity index (χ0v) is 11.6. The van der Waals surface area contributed by atoms with Gasteiger partial charge in [-0.3, -0.25) is 0 Å². The maximum Gasteiger partial charge on any atom is 0.339 e. The molecule has 0 heterocycles. The number of rotatable bonds is 4. The van der Waals surface area contributed by atoms with Gasteiger partial charge < -0.3 is 9.29 Å². The molecule has 2 aromatic rings. The van der Waals surface area contributed by atoms with Crippen LogP contribution in [0, 0.1) is 0 Å². The monoisotopic (exact) mass is 312 g/mol. The van der Waals surface area contributed by atoms with E-state index in [1.54, 1.807) is 0 Å². The first-order chi connectivity index (χ1) is 9.38. The molecule has 1 N–H and O–H groups in total. The molecule has 2 rings (SSSR count). The van der Waals surface area contributed by atoms with Gasteiger partial charge in [0.1, 0.15) is 10.6 Å². The summed E-state index contributed by atoms with van der Waals surface area (Å²) in [6.45, 7) is 0. The lowest BCUT2D eigenvalue weighted by atomic mass is 10.2. The molecule has 0 saturated heterocycles. The first-order valence-corrected chi connectivity index (χ1v) is 7.20. The van der Waals surface area contributed by atoms with Crippen molar-refractivity contribution in [2.45, 2.75) is 4.90 Å². The minimum atomic E-state index is -4.00. The van der Waals surface area contributed by atoms with Crippen LogP contribution in [0.3, 0.4) is 0 Å². The van der Waals surface area contributed by atoms with E-state index in [2.05, 4.69) is 0 Å². The lowest BCUT2D eigenvalue weighted by molar-refractivity contribution is 0.0696. The number of hydrogen-bond donors (Lipinski definition) is 1. The van der Waals surface area contributed by atoms with Gasteiger partial charge in [0.15, 0.2) is 0 Å². The van der Waals surface area contributed by atoms with Crippen molar-refractivity contribution in [3.63, 3.8) is 0 Å². The van der Waals surface area contributed by atoms with Crippen LogP contribution in [0.2, 0.25) is 5.02 Å². The number of hydrogen-bond acceptors (Lipinski definition) is 4. The second-order valence-electron chi connectivity index (χ2n) is 3.82. The number of benzene rings is 2. The highest BCUT2D eigenvalue weighted by Gasteiger charge is 2.17. The van der Waals surface area contributed by atoms with E-state index in [0.29, 0.717) is 5.02 Å². The SMILES string of the molecule is O=C(O)c1ccc(S(=O)(=O)Oc2ccc(Cl)cc2)cc1. The minimum Gasteiger partial charge on any atom is -0.478 e. The third kappa shape index (κ3) is 3.28. The van der Waals surface area contributed by atoms with Gasteiger partial charge >= 0.3 is 16.1 Å². The lowest BCUT2D eigenvalue weighted by Gasteiger charge is -2.07. The van der Waals surface area contributed by atoms with Crippen molar-refractivity contribution >= 4 is 27.7 Å². The predicted octanol–water partition coefficient (Wildman–Crippen LogP) is 2.81. The summed E-state index contributed by atoms with van der Waals surface area (Å²) in [4.78, 5) is 10.6. The summed E-state index contributed by atoms with van der Waals surface area (Å²) in [7, 11) is -4.00. The average molecular weight is 313 g/mol. The van der Waals surface area contributed by atoms with E-state index in [-0.39, 0.29) is 16.2 Å². The molecule has 0 saturated carbocycles. The molecule has 104 valence electrons. The number of aromatic carboxylic acids is 1. The van der Waals surface area contributed by atoms with Gasteiger partial charge in [-0.15, -0.1) is 0 Å². The molecule has 0 atom stereocenters. The van der Waals surface area contributed by atoms with Gasteiger partial charge in [0.2, 0.25) is 0 Å². The summed E-state index contributed by atoms with van der Waals surface area (Å²) in [5, 5.41) is 9.21. The van der Waals surface area contributed by atoms with Crippen molar-refractivity contribution < 1.29 is 22.5 Å². The van der Waals surface area contributed by atoms with Crippen molar-refractivity contribution in [2.75, 3.05) is 0 Å². The highest BCUT2D eigenvalue weighted by atomic mass is 35.5. The molecule has 0 aliphatic carbocycles. The van der Waals surface area contributed by atoms with Crippen LogP contribution in [0.1, 0.15) is 10.4 Å². The summed E-state index contributed by atoms with van der Waals surface area (Å²) in [5.74, 6) is -1.01. The third-order valence-corrected chi connectivity index (χ3v) is 3.92.